The Kier molecular flexibility index (Phi) is 4.92. The largest absolute Gasteiger partial charge is 0.466 e. The van der Waals surface area contributed by atoms with Gasteiger partial charge in [-0.3, -0.25) is 4.79 Å². The van der Waals surface area contributed by atoms with Gasteiger partial charge in [0.15, 0.2) is 4.75 Å². The first-order chi connectivity index (χ1) is 12.4. The van der Waals surface area contributed by atoms with E-state index in [1.807, 2.05) is 55.5 Å². The number of rotatable bonds is 5. The van der Waals surface area contributed by atoms with Crippen molar-refractivity contribution in [3.63, 3.8) is 0 Å². The van der Waals surface area contributed by atoms with Crippen LogP contribution in [0.4, 0.5) is 5.69 Å². The van der Waals surface area contributed by atoms with Gasteiger partial charge in [-0.25, -0.2) is 4.79 Å². The van der Waals surface area contributed by atoms with E-state index in [0.717, 1.165) is 22.4 Å². The van der Waals surface area contributed by atoms with E-state index in [9.17, 15) is 9.59 Å². The molecule has 0 spiro atoms. The number of hydrogen-bond acceptors (Lipinski definition) is 4. The number of carbonyl (C=O) groups excluding carboxylic acids is 2. The van der Waals surface area contributed by atoms with Gasteiger partial charge in [-0.2, -0.15) is 0 Å². The van der Waals surface area contributed by atoms with Crippen LogP contribution in [0, 0.1) is 6.92 Å². The molecule has 0 aliphatic carbocycles. The molecule has 1 amide bonds. The highest BCUT2D eigenvalue weighted by Gasteiger charge is 2.54. The van der Waals surface area contributed by atoms with Crippen molar-refractivity contribution in [1.82, 2.24) is 0 Å². The van der Waals surface area contributed by atoms with Gasteiger partial charge in [0.1, 0.15) is 0 Å². The highest BCUT2D eigenvalue weighted by atomic mass is 32.2. The van der Waals surface area contributed by atoms with E-state index in [1.54, 1.807) is 11.9 Å². The highest BCUT2D eigenvalue weighted by Crippen LogP contribution is 2.53. The van der Waals surface area contributed by atoms with Crippen molar-refractivity contribution in [2.45, 2.75) is 17.4 Å². The molecule has 0 fully saturated rings. The summed E-state index contributed by atoms with van der Waals surface area (Å²) in [6.45, 7) is 5.93. The first kappa shape index (κ1) is 18.3. The third-order valence-electron chi connectivity index (χ3n) is 4.65. The lowest BCUT2D eigenvalue weighted by atomic mass is 9.91. The third kappa shape index (κ3) is 2.82. The van der Waals surface area contributed by atoms with E-state index >= 15 is 0 Å². The van der Waals surface area contributed by atoms with E-state index in [2.05, 4.69) is 6.58 Å². The average Bonchev–Trinajstić information content (AvgIpc) is 2.87. The van der Waals surface area contributed by atoms with Crippen LogP contribution in [-0.2, 0) is 24.8 Å². The minimum Gasteiger partial charge on any atom is -0.466 e. The summed E-state index contributed by atoms with van der Waals surface area (Å²) in [5, 5.41) is 0. The van der Waals surface area contributed by atoms with Crippen LogP contribution in [-0.4, -0.2) is 26.0 Å². The minimum absolute atomic E-state index is 0.155. The number of esters is 1. The molecule has 0 bridgehead atoms. The molecule has 1 aliphatic heterocycles. The second kappa shape index (κ2) is 7.00. The summed E-state index contributed by atoms with van der Waals surface area (Å²) < 4.78 is 3.73. The summed E-state index contributed by atoms with van der Waals surface area (Å²) in [5.41, 5.74) is 3.84. The number of anilines is 1. The first-order valence-electron chi connectivity index (χ1n) is 8.26. The molecule has 4 nitrogen and oxygen atoms in total. The van der Waals surface area contributed by atoms with Crippen LogP contribution in [0.5, 0.6) is 0 Å². The van der Waals surface area contributed by atoms with Crippen LogP contribution >= 0.6 is 11.8 Å². The molecule has 0 N–H and O–H groups in total. The Morgan fingerprint density at radius 2 is 1.92 bits per heavy atom. The van der Waals surface area contributed by atoms with E-state index in [1.165, 1.54) is 18.9 Å². The molecule has 1 aliphatic rings. The molecule has 1 unspecified atom stereocenters. The zero-order chi connectivity index (χ0) is 18.9. The average molecular weight is 367 g/mol. The number of amides is 1. The Labute approximate surface area is 157 Å². The lowest BCUT2D eigenvalue weighted by Gasteiger charge is -2.28. The van der Waals surface area contributed by atoms with Crippen LogP contribution in [0.2, 0.25) is 0 Å². The Bertz CT molecular complexity index is 878. The van der Waals surface area contributed by atoms with Crippen molar-refractivity contribution in [2.24, 2.45) is 0 Å². The fourth-order valence-corrected chi connectivity index (χ4v) is 4.65. The van der Waals surface area contributed by atoms with Crippen LogP contribution in [0.3, 0.4) is 0 Å². The van der Waals surface area contributed by atoms with Gasteiger partial charge in [-0.1, -0.05) is 54.6 Å². The number of carbonyl (C=O) groups is 2. The quantitative estimate of drug-likeness (QED) is 0.595. The van der Waals surface area contributed by atoms with Crippen molar-refractivity contribution in [2.75, 3.05) is 19.1 Å². The van der Waals surface area contributed by atoms with Crippen molar-refractivity contribution in [3.05, 3.63) is 77.4 Å². The summed E-state index contributed by atoms with van der Waals surface area (Å²) in [4.78, 5) is 27.3. The topological polar surface area (TPSA) is 46.6 Å². The molecule has 0 radical (unpaired) electrons. The fraction of sp³-hybridized carbons (Fsp3) is 0.238. The smallest absolute Gasteiger partial charge is 0.335 e. The maximum atomic E-state index is 13.3. The van der Waals surface area contributed by atoms with Gasteiger partial charge in [-0.15, -0.1) is 11.8 Å². The second-order valence-corrected chi connectivity index (χ2v) is 7.50. The summed E-state index contributed by atoms with van der Waals surface area (Å²) in [6, 6.07) is 15.7. The molecule has 0 saturated carbocycles. The molecule has 1 atom stereocenters. The van der Waals surface area contributed by atoms with E-state index in [0.29, 0.717) is 5.75 Å². The molecule has 134 valence electrons. The predicted molar refractivity (Wildman–Crippen MR) is 105 cm³/mol. The summed E-state index contributed by atoms with van der Waals surface area (Å²) in [6.07, 6.45) is 0. The molecule has 2 aromatic carbocycles. The van der Waals surface area contributed by atoms with Crippen molar-refractivity contribution < 1.29 is 14.3 Å². The van der Waals surface area contributed by atoms with Crippen LogP contribution < -0.4 is 4.90 Å². The summed E-state index contributed by atoms with van der Waals surface area (Å²) in [7, 11) is 3.04. The van der Waals surface area contributed by atoms with Crippen molar-refractivity contribution >= 4 is 29.3 Å². The van der Waals surface area contributed by atoms with Gasteiger partial charge in [0.2, 0.25) is 0 Å². The maximum absolute atomic E-state index is 13.3. The summed E-state index contributed by atoms with van der Waals surface area (Å²) in [5.74, 6) is -0.166. The number of nitrogens with zero attached hydrogens (tertiary/aromatic N) is 1. The van der Waals surface area contributed by atoms with Gasteiger partial charge >= 0.3 is 5.97 Å². The molecule has 3 rings (SSSR count). The second-order valence-electron chi connectivity index (χ2n) is 6.31. The van der Waals surface area contributed by atoms with Gasteiger partial charge in [0, 0.05) is 24.1 Å². The monoisotopic (exact) mass is 367 g/mol. The van der Waals surface area contributed by atoms with Crippen molar-refractivity contribution in [1.29, 1.82) is 0 Å². The molecule has 2 aromatic rings. The molecule has 26 heavy (non-hydrogen) atoms. The lowest BCUT2D eigenvalue weighted by molar-refractivity contribution is -0.137. The zero-order valence-corrected chi connectivity index (χ0v) is 15.9. The third-order valence-corrected chi connectivity index (χ3v) is 6.21. The number of thioether (sulfide) groups is 1. The Balaban J connectivity index is 2.12. The number of ether oxygens (including phenoxy) is 1. The number of likely N-dealkylation sites (N-methyl/N-ethyl adjacent to an activating group) is 1. The van der Waals surface area contributed by atoms with Crippen molar-refractivity contribution in [3.8, 4) is 0 Å². The van der Waals surface area contributed by atoms with Crippen LogP contribution in [0.15, 0.2) is 60.7 Å². The molecular formula is C21H21NO3S. The number of methoxy groups -OCH3 is 1. The highest BCUT2D eigenvalue weighted by molar-refractivity contribution is 8.00. The fourth-order valence-electron chi connectivity index (χ4n) is 3.24. The molecular weight excluding hydrogens is 346 g/mol. The zero-order valence-electron chi connectivity index (χ0n) is 15.1. The van der Waals surface area contributed by atoms with Gasteiger partial charge in [0.05, 0.1) is 12.7 Å². The normalized spacial score (nSPS) is 18.6. The molecule has 5 heteroatoms. The molecule has 0 aromatic heterocycles. The van der Waals surface area contributed by atoms with Crippen LogP contribution in [0.25, 0.3) is 0 Å². The number of benzene rings is 2. The van der Waals surface area contributed by atoms with E-state index < -0.39 is 10.7 Å². The Hall–Kier alpha value is -2.53. The first-order valence-corrected chi connectivity index (χ1v) is 9.25. The molecule has 1 heterocycles. The van der Waals surface area contributed by atoms with Gasteiger partial charge in [-0.05, 0) is 18.6 Å². The Morgan fingerprint density at radius 1 is 1.23 bits per heavy atom. The van der Waals surface area contributed by atoms with Gasteiger partial charge in [0.25, 0.3) is 5.91 Å². The molecule has 0 saturated heterocycles. The number of hydrogen-bond donors (Lipinski definition) is 0. The summed E-state index contributed by atoms with van der Waals surface area (Å²) >= 11 is 1.41. The van der Waals surface area contributed by atoms with Gasteiger partial charge < -0.3 is 9.64 Å². The number of fused-ring (bicyclic) bond motifs is 1. The number of aryl methyl sites for hydroxylation is 1. The van der Waals surface area contributed by atoms with E-state index in [-0.39, 0.29) is 11.5 Å². The maximum Gasteiger partial charge on any atom is 0.335 e. The lowest BCUT2D eigenvalue weighted by Crippen LogP contribution is -2.40. The predicted octanol–water partition coefficient (Wildman–Crippen LogP) is 3.83. The standard InChI is InChI=1S/C21H21NO3S/c1-14-10-11-18-17(12-14)21(20(24)22(18)3,15(2)19(23)25-4)26-13-16-8-6-5-7-9-16/h5-12H,2,13H2,1,3-4H3. The Morgan fingerprint density at radius 3 is 2.58 bits per heavy atom. The van der Waals surface area contributed by atoms with Crippen LogP contribution in [0.1, 0.15) is 16.7 Å². The van der Waals surface area contributed by atoms with E-state index in [4.69, 9.17) is 4.74 Å². The SMILES string of the molecule is C=C(C(=O)OC)C1(SCc2ccccc2)C(=O)N(C)c2ccc(C)cc21. The minimum atomic E-state index is -1.18.